The van der Waals surface area contributed by atoms with Crippen LogP contribution in [0.5, 0.6) is 0 Å². The van der Waals surface area contributed by atoms with Gasteiger partial charge in [-0.25, -0.2) is 4.39 Å². The van der Waals surface area contributed by atoms with E-state index < -0.39 is 21.7 Å². The summed E-state index contributed by atoms with van der Waals surface area (Å²) in [6.07, 6.45) is 1.12. The molecule has 25 heavy (non-hydrogen) atoms. The van der Waals surface area contributed by atoms with Crippen LogP contribution in [0.1, 0.15) is 10.4 Å². The smallest absolute Gasteiger partial charge is 0.279 e. The van der Waals surface area contributed by atoms with Crippen LogP contribution in [-0.2, 0) is 10.0 Å². The number of carbonyl (C=O) groups excluding carboxylic acids is 1. The summed E-state index contributed by atoms with van der Waals surface area (Å²) in [6, 6.07) is 13.4. The minimum Gasteiger partial charge on any atom is -0.322 e. The zero-order valence-electron chi connectivity index (χ0n) is 12.7. The van der Waals surface area contributed by atoms with E-state index in [0.29, 0.717) is 5.69 Å². The Hall–Kier alpha value is -3.20. The van der Waals surface area contributed by atoms with Crippen LogP contribution in [0, 0.1) is 5.82 Å². The van der Waals surface area contributed by atoms with Crippen molar-refractivity contribution in [3.63, 3.8) is 0 Å². The van der Waals surface area contributed by atoms with E-state index in [1.54, 1.807) is 30.3 Å². The van der Waals surface area contributed by atoms with Crippen LogP contribution < -0.4 is 10.0 Å². The Balaban J connectivity index is 1.84. The van der Waals surface area contributed by atoms with Crippen molar-refractivity contribution in [1.29, 1.82) is 0 Å². The third-order valence-electron chi connectivity index (χ3n) is 3.25. The molecule has 1 amide bonds. The number of nitrogens with one attached hydrogen (secondary N) is 3. The summed E-state index contributed by atoms with van der Waals surface area (Å²) in [7, 11) is -4.10. The highest BCUT2D eigenvalue weighted by Gasteiger charge is 2.25. The van der Waals surface area contributed by atoms with Crippen LogP contribution in [0.25, 0.3) is 0 Å². The number of aromatic nitrogens is 2. The van der Waals surface area contributed by atoms with E-state index >= 15 is 0 Å². The fourth-order valence-electron chi connectivity index (χ4n) is 2.08. The van der Waals surface area contributed by atoms with E-state index in [9.17, 15) is 17.6 Å². The summed E-state index contributed by atoms with van der Waals surface area (Å²) < 4.78 is 40.1. The molecule has 0 atom stereocenters. The average Bonchev–Trinajstić information content (AvgIpc) is 3.09. The maximum Gasteiger partial charge on any atom is 0.279 e. The summed E-state index contributed by atoms with van der Waals surface area (Å²) >= 11 is 0. The van der Waals surface area contributed by atoms with Gasteiger partial charge in [0.15, 0.2) is 5.03 Å². The summed E-state index contributed by atoms with van der Waals surface area (Å²) in [5, 5.41) is 8.15. The Bertz CT molecular complexity index is 986. The number of benzene rings is 2. The number of rotatable bonds is 5. The highest BCUT2D eigenvalue weighted by molar-refractivity contribution is 7.92. The van der Waals surface area contributed by atoms with Gasteiger partial charge in [0.25, 0.3) is 15.9 Å². The molecule has 3 N–H and O–H groups in total. The van der Waals surface area contributed by atoms with Crippen LogP contribution in [0.4, 0.5) is 15.8 Å². The van der Waals surface area contributed by atoms with Gasteiger partial charge in [-0.15, -0.1) is 0 Å². The third kappa shape index (κ3) is 3.83. The average molecular weight is 360 g/mol. The Morgan fingerprint density at radius 1 is 1.00 bits per heavy atom. The number of aromatic amines is 1. The lowest BCUT2D eigenvalue weighted by atomic mass is 10.3. The van der Waals surface area contributed by atoms with E-state index in [-0.39, 0.29) is 16.3 Å². The summed E-state index contributed by atoms with van der Waals surface area (Å²) in [6.45, 7) is 0. The second kappa shape index (κ2) is 6.73. The van der Waals surface area contributed by atoms with Crippen molar-refractivity contribution in [3.8, 4) is 0 Å². The second-order valence-corrected chi connectivity index (χ2v) is 6.66. The fraction of sp³-hybridized carbons (Fsp3) is 0. The zero-order chi connectivity index (χ0) is 17.9. The number of sulfonamides is 1. The van der Waals surface area contributed by atoms with Gasteiger partial charge in [-0.05, 0) is 36.4 Å². The molecule has 3 aromatic rings. The van der Waals surface area contributed by atoms with Gasteiger partial charge in [0.05, 0.1) is 11.8 Å². The largest absolute Gasteiger partial charge is 0.322 e. The Morgan fingerprint density at radius 2 is 1.68 bits per heavy atom. The molecule has 0 aliphatic rings. The van der Waals surface area contributed by atoms with Crippen molar-refractivity contribution in [2.75, 3.05) is 10.0 Å². The van der Waals surface area contributed by atoms with Crippen molar-refractivity contribution in [3.05, 3.63) is 72.2 Å². The molecule has 7 nitrogen and oxygen atoms in total. The standard InChI is InChI=1S/C16H13FN4O3S/c17-11-6-8-13(9-7-11)21-25(23,24)16-14(10-18-20-16)15(22)19-12-4-2-1-3-5-12/h1-10,21H,(H,18,20)(H,19,22). The molecule has 1 aromatic heterocycles. The first kappa shape index (κ1) is 16.7. The van der Waals surface area contributed by atoms with E-state index in [2.05, 4.69) is 20.2 Å². The molecule has 1 heterocycles. The molecule has 0 radical (unpaired) electrons. The first-order valence-electron chi connectivity index (χ1n) is 7.14. The monoisotopic (exact) mass is 360 g/mol. The molecule has 0 saturated carbocycles. The first-order chi connectivity index (χ1) is 12.0. The molecule has 0 saturated heterocycles. The molecule has 0 aliphatic heterocycles. The molecule has 3 rings (SSSR count). The molecule has 2 aromatic carbocycles. The molecular formula is C16H13FN4O3S. The summed E-state index contributed by atoms with van der Waals surface area (Å²) in [5.41, 5.74) is 0.535. The van der Waals surface area contributed by atoms with Gasteiger partial charge in [-0.1, -0.05) is 18.2 Å². The number of carbonyl (C=O) groups is 1. The number of anilines is 2. The molecule has 128 valence electrons. The Kier molecular flexibility index (Phi) is 4.48. The van der Waals surface area contributed by atoms with Crippen LogP contribution >= 0.6 is 0 Å². The van der Waals surface area contributed by atoms with Gasteiger partial charge in [-0.2, -0.15) is 13.5 Å². The lowest BCUT2D eigenvalue weighted by Gasteiger charge is -2.09. The van der Waals surface area contributed by atoms with Crippen molar-refractivity contribution < 1.29 is 17.6 Å². The van der Waals surface area contributed by atoms with Crippen molar-refractivity contribution >= 4 is 27.3 Å². The maximum absolute atomic E-state index is 12.9. The minimum absolute atomic E-state index is 0.140. The number of H-pyrrole nitrogens is 1. The molecule has 9 heteroatoms. The van der Waals surface area contributed by atoms with Gasteiger partial charge in [0, 0.05) is 11.4 Å². The Labute approximate surface area is 142 Å². The lowest BCUT2D eigenvalue weighted by molar-refractivity contribution is 0.102. The lowest BCUT2D eigenvalue weighted by Crippen LogP contribution is -2.19. The summed E-state index contributed by atoms with van der Waals surface area (Å²) in [5.74, 6) is -1.12. The summed E-state index contributed by atoms with van der Waals surface area (Å²) in [4.78, 5) is 12.3. The zero-order valence-corrected chi connectivity index (χ0v) is 13.5. The predicted octanol–water partition coefficient (Wildman–Crippen LogP) is 2.60. The van der Waals surface area contributed by atoms with E-state index in [1.807, 2.05) is 0 Å². The fourth-order valence-corrected chi connectivity index (χ4v) is 3.24. The van der Waals surface area contributed by atoms with E-state index in [1.165, 1.54) is 12.1 Å². The normalized spacial score (nSPS) is 11.1. The van der Waals surface area contributed by atoms with E-state index in [0.717, 1.165) is 18.3 Å². The molecule has 0 spiro atoms. The van der Waals surface area contributed by atoms with Gasteiger partial charge < -0.3 is 5.32 Å². The Morgan fingerprint density at radius 3 is 2.36 bits per heavy atom. The van der Waals surface area contributed by atoms with Gasteiger partial charge in [0.2, 0.25) is 0 Å². The van der Waals surface area contributed by atoms with Gasteiger partial charge in [-0.3, -0.25) is 14.6 Å². The number of hydrogen-bond donors (Lipinski definition) is 3. The van der Waals surface area contributed by atoms with E-state index in [4.69, 9.17) is 0 Å². The van der Waals surface area contributed by atoms with Crippen molar-refractivity contribution in [1.82, 2.24) is 10.2 Å². The van der Waals surface area contributed by atoms with Gasteiger partial charge in [0.1, 0.15) is 5.82 Å². The van der Waals surface area contributed by atoms with Crippen molar-refractivity contribution in [2.24, 2.45) is 0 Å². The van der Waals surface area contributed by atoms with Crippen LogP contribution in [0.2, 0.25) is 0 Å². The number of nitrogens with zero attached hydrogens (tertiary/aromatic N) is 1. The maximum atomic E-state index is 12.9. The predicted molar refractivity (Wildman–Crippen MR) is 90.2 cm³/mol. The molecular weight excluding hydrogens is 347 g/mol. The van der Waals surface area contributed by atoms with Crippen LogP contribution in [0.15, 0.2) is 65.8 Å². The molecule has 0 unspecified atom stereocenters. The number of halogens is 1. The molecule has 0 fully saturated rings. The van der Waals surface area contributed by atoms with Crippen LogP contribution in [0.3, 0.4) is 0 Å². The topological polar surface area (TPSA) is 104 Å². The number of amides is 1. The van der Waals surface area contributed by atoms with Gasteiger partial charge >= 0.3 is 0 Å². The molecule has 0 bridgehead atoms. The molecule has 0 aliphatic carbocycles. The highest BCUT2D eigenvalue weighted by atomic mass is 32.2. The minimum atomic E-state index is -4.10. The number of para-hydroxylation sites is 1. The van der Waals surface area contributed by atoms with Crippen molar-refractivity contribution in [2.45, 2.75) is 5.03 Å². The third-order valence-corrected chi connectivity index (χ3v) is 4.60. The van der Waals surface area contributed by atoms with Crippen LogP contribution in [-0.4, -0.2) is 24.5 Å². The highest BCUT2D eigenvalue weighted by Crippen LogP contribution is 2.19. The second-order valence-electron chi connectivity index (χ2n) is 5.05. The quantitative estimate of drug-likeness (QED) is 0.650. The SMILES string of the molecule is O=C(Nc1ccccc1)c1cn[nH]c1S(=O)(=O)Nc1ccc(F)cc1. The first-order valence-corrected chi connectivity index (χ1v) is 8.62. The number of hydrogen-bond acceptors (Lipinski definition) is 4.